The standard InChI is InChI=1S/C22H30ClN7O.HI/c1-24-22(25-11-10-20-27-26-19-5-3-2-4-12-30(19)20)29-14-13-28(21(31)16-29)15-17-6-8-18(23)9-7-17;/h6-9H,2-5,10-16H2,1H3,(H,24,25);1H. The minimum absolute atomic E-state index is 0. The highest BCUT2D eigenvalue weighted by Crippen LogP contribution is 2.15. The maximum absolute atomic E-state index is 12.7. The average Bonchev–Trinajstić information content (AvgIpc) is 3.00. The molecule has 174 valence electrons. The van der Waals surface area contributed by atoms with E-state index in [1.165, 1.54) is 19.3 Å². The SMILES string of the molecule is CN=C(NCCc1nnc2n1CCCCC2)N1CCN(Cc2ccc(Cl)cc2)C(=O)C1.I. The van der Waals surface area contributed by atoms with Crippen LogP contribution >= 0.6 is 35.6 Å². The Kier molecular flexibility index (Phi) is 9.15. The molecule has 1 saturated heterocycles. The van der Waals surface area contributed by atoms with E-state index in [4.69, 9.17) is 11.6 Å². The van der Waals surface area contributed by atoms with Crippen LogP contribution in [0.15, 0.2) is 29.3 Å². The summed E-state index contributed by atoms with van der Waals surface area (Å²) >= 11 is 5.95. The van der Waals surface area contributed by atoms with E-state index in [0.717, 1.165) is 49.1 Å². The van der Waals surface area contributed by atoms with Gasteiger partial charge in [-0.1, -0.05) is 30.2 Å². The molecule has 1 aromatic heterocycles. The van der Waals surface area contributed by atoms with Crippen LogP contribution in [-0.2, 0) is 30.7 Å². The summed E-state index contributed by atoms with van der Waals surface area (Å²) in [6.45, 7) is 4.07. The van der Waals surface area contributed by atoms with Crippen LogP contribution in [0.3, 0.4) is 0 Å². The topological polar surface area (TPSA) is 78.7 Å². The fourth-order valence-corrected chi connectivity index (χ4v) is 4.34. The Labute approximate surface area is 211 Å². The second kappa shape index (κ2) is 11.8. The van der Waals surface area contributed by atoms with Crippen LogP contribution in [-0.4, -0.2) is 69.7 Å². The number of guanidine groups is 1. The number of benzene rings is 1. The Bertz CT molecular complexity index is 931. The Hall–Kier alpha value is -1.88. The molecule has 4 rings (SSSR count). The predicted octanol–water partition coefficient (Wildman–Crippen LogP) is 2.74. The summed E-state index contributed by atoms with van der Waals surface area (Å²) in [7, 11) is 1.76. The summed E-state index contributed by atoms with van der Waals surface area (Å²) in [5.41, 5.74) is 1.08. The van der Waals surface area contributed by atoms with Crippen molar-refractivity contribution in [2.45, 2.75) is 45.2 Å². The Morgan fingerprint density at radius 3 is 2.69 bits per heavy atom. The molecule has 2 aliphatic rings. The van der Waals surface area contributed by atoms with Crippen molar-refractivity contribution < 1.29 is 4.79 Å². The average molecular weight is 572 g/mol. The molecule has 1 aromatic carbocycles. The van der Waals surface area contributed by atoms with E-state index < -0.39 is 0 Å². The number of aryl methyl sites for hydroxylation is 1. The lowest BCUT2D eigenvalue weighted by Gasteiger charge is -2.36. The first-order valence-corrected chi connectivity index (χ1v) is 11.4. The highest BCUT2D eigenvalue weighted by atomic mass is 127. The van der Waals surface area contributed by atoms with Crippen LogP contribution < -0.4 is 5.32 Å². The van der Waals surface area contributed by atoms with Crippen LogP contribution in [0.5, 0.6) is 0 Å². The maximum Gasteiger partial charge on any atom is 0.242 e. The summed E-state index contributed by atoms with van der Waals surface area (Å²) in [4.78, 5) is 21.0. The molecular weight excluding hydrogens is 541 g/mol. The lowest BCUT2D eigenvalue weighted by molar-refractivity contribution is -0.135. The Morgan fingerprint density at radius 2 is 1.94 bits per heavy atom. The number of nitrogens with zero attached hydrogens (tertiary/aromatic N) is 6. The van der Waals surface area contributed by atoms with Crippen molar-refractivity contribution in [3.8, 4) is 0 Å². The minimum Gasteiger partial charge on any atom is -0.356 e. The number of fused-ring (bicyclic) bond motifs is 1. The van der Waals surface area contributed by atoms with Gasteiger partial charge in [0.2, 0.25) is 5.91 Å². The summed E-state index contributed by atoms with van der Waals surface area (Å²) < 4.78 is 2.27. The van der Waals surface area contributed by atoms with Crippen molar-refractivity contribution in [3.63, 3.8) is 0 Å². The number of amides is 1. The smallest absolute Gasteiger partial charge is 0.242 e. The third kappa shape index (κ3) is 6.12. The molecule has 0 atom stereocenters. The van der Waals surface area contributed by atoms with Gasteiger partial charge in [-0.05, 0) is 30.5 Å². The molecule has 10 heteroatoms. The molecule has 0 unspecified atom stereocenters. The zero-order valence-corrected chi connectivity index (χ0v) is 21.6. The molecule has 0 aliphatic carbocycles. The molecule has 1 fully saturated rings. The van der Waals surface area contributed by atoms with Crippen molar-refractivity contribution in [1.29, 1.82) is 0 Å². The first kappa shape index (κ1) is 24.8. The van der Waals surface area contributed by atoms with Gasteiger partial charge in [-0.3, -0.25) is 9.79 Å². The quantitative estimate of drug-likeness (QED) is 0.339. The van der Waals surface area contributed by atoms with E-state index in [9.17, 15) is 4.79 Å². The largest absolute Gasteiger partial charge is 0.356 e. The molecule has 0 radical (unpaired) electrons. The van der Waals surface area contributed by atoms with Gasteiger partial charge in [0.05, 0.1) is 6.54 Å². The molecule has 0 saturated carbocycles. The minimum atomic E-state index is 0. The zero-order valence-electron chi connectivity index (χ0n) is 18.5. The van der Waals surface area contributed by atoms with Gasteiger partial charge in [0.15, 0.2) is 5.96 Å². The predicted molar refractivity (Wildman–Crippen MR) is 136 cm³/mol. The molecule has 1 N–H and O–H groups in total. The highest BCUT2D eigenvalue weighted by molar-refractivity contribution is 14.0. The number of aromatic nitrogens is 3. The van der Waals surface area contributed by atoms with Gasteiger partial charge in [-0.25, -0.2) is 0 Å². The van der Waals surface area contributed by atoms with E-state index in [-0.39, 0.29) is 29.9 Å². The third-order valence-electron chi connectivity index (χ3n) is 5.93. The lowest BCUT2D eigenvalue weighted by atomic mass is 10.2. The van der Waals surface area contributed by atoms with E-state index in [1.54, 1.807) is 7.05 Å². The first-order chi connectivity index (χ1) is 15.1. The van der Waals surface area contributed by atoms with Crippen LogP contribution in [0.2, 0.25) is 5.02 Å². The van der Waals surface area contributed by atoms with Crippen LogP contribution in [0, 0.1) is 0 Å². The molecule has 2 aromatic rings. The van der Waals surface area contributed by atoms with Crippen LogP contribution in [0.1, 0.15) is 36.5 Å². The number of piperazine rings is 1. The summed E-state index contributed by atoms with van der Waals surface area (Å²) in [5.74, 6) is 3.00. The normalized spacial score (nSPS) is 16.9. The van der Waals surface area contributed by atoms with Crippen molar-refractivity contribution in [2.24, 2.45) is 4.99 Å². The van der Waals surface area contributed by atoms with E-state index in [2.05, 4.69) is 25.1 Å². The second-order valence-electron chi connectivity index (χ2n) is 8.08. The molecule has 0 spiro atoms. The van der Waals surface area contributed by atoms with Gasteiger partial charge in [0, 0.05) is 57.6 Å². The van der Waals surface area contributed by atoms with Crippen molar-refractivity contribution in [1.82, 2.24) is 29.9 Å². The number of carbonyl (C=O) groups is 1. The van der Waals surface area contributed by atoms with Crippen molar-refractivity contribution in [2.75, 3.05) is 33.2 Å². The van der Waals surface area contributed by atoms with Crippen LogP contribution in [0.25, 0.3) is 0 Å². The van der Waals surface area contributed by atoms with Gasteiger partial charge >= 0.3 is 0 Å². The van der Waals surface area contributed by atoms with Crippen molar-refractivity contribution in [3.05, 3.63) is 46.5 Å². The van der Waals surface area contributed by atoms with Gasteiger partial charge in [-0.2, -0.15) is 0 Å². The number of halogens is 2. The molecule has 3 heterocycles. The third-order valence-corrected chi connectivity index (χ3v) is 6.19. The number of aliphatic imine (C=N–C) groups is 1. The molecule has 2 aliphatic heterocycles. The molecule has 32 heavy (non-hydrogen) atoms. The molecular formula is C22H31ClIN7O. The maximum atomic E-state index is 12.7. The monoisotopic (exact) mass is 571 g/mol. The number of nitrogens with one attached hydrogen (secondary N) is 1. The summed E-state index contributed by atoms with van der Waals surface area (Å²) in [6, 6.07) is 7.65. The number of rotatable bonds is 5. The van der Waals surface area contributed by atoms with Gasteiger partial charge < -0.3 is 19.7 Å². The van der Waals surface area contributed by atoms with E-state index in [1.807, 2.05) is 34.1 Å². The van der Waals surface area contributed by atoms with E-state index in [0.29, 0.717) is 31.2 Å². The fraction of sp³-hybridized carbons (Fsp3) is 0.545. The molecule has 0 bridgehead atoms. The highest BCUT2D eigenvalue weighted by Gasteiger charge is 2.26. The second-order valence-corrected chi connectivity index (χ2v) is 8.52. The molecule has 8 nitrogen and oxygen atoms in total. The zero-order chi connectivity index (χ0) is 21.6. The lowest BCUT2D eigenvalue weighted by Crippen LogP contribution is -2.55. The first-order valence-electron chi connectivity index (χ1n) is 11.0. The number of hydrogen-bond donors (Lipinski definition) is 1. The van der Waals surface area contributed by atoms with Gasteiger partial charge in [0.1, 0.15) is 11.6 Å². The van der Waals surface area contributed by atoms with Gasteiger partial charge in [-0.15, -0.1) is 34.2 Å². The summed E-state index contributed by atoms with van der Waals surface area (Å²) in [5, 5.41) is 12.9. The van der Waals surface area contributed by atoms with E-state index >= 15 is 0 Å². The fourth-order valence-electron chi connectivity index (χ4n) is 4.22. The van der Waals surface area contributed by atoms with Crippen LogP contribution in [0.4, 0.5) is 0 Å². The Balaban J connectivity index is 0.00000289. The van der Waals surface area contributed by atoms with Crippen molar-refractivity contribution >= 4 is 47.4 Å². The number of hydrogen-bond acceptors (Lipinski definition) is 4. The van der Waals surface area contributed by atoms with Gasteiger partial charge in [0.25, 0.3) is 0 Å². The molecule has 1 amide bonds. The number of carbonyl (C=O) groups excluding carboxylic acids is 1. The summed E-state index contributed by atoms with van der Waals surface area (Å²) in [6.07, 6.45) is 5.45. The Morgan fingerprint density at radius 1 is 1.12 bits per heavy atom.